The maximum Gasteiger partial charge on any atom is 0.416 e. The zero-order chi connectivity index (χ0) is 24.8. The van der Waals surface area contributed by atoms with Crippen LogP contribution < -0.4 is 5.32 Å². The first kappa shape index (κ1) is 24.5. The monoisotopic (exact) mass is 482 g/mol. The summed E-state index contributed by atoms with van der Waals surface area (Å²) in [6.45, 7) is 0. The molecule has 182 valence electrons. The molecular weight excluding hydrogens is 457 g/mol. The molecule has 35 heavy (non-hydrogen) atoms. The number of nitrogens with one attached hydrogen (secondary N) is 1. The van der Waals surface area contributed by atoms with Gasteiger partial charge in [-0.1, -0.05) is 60.7 Å². The second-order valence-corrected chi connectivity index (χ2v) is 8.32. The van der Waals surface area contributed by atoms with Gasteiger partial charge in [0.05, 0.1) is 11.6 Å². The standard InChI is InChI=1S/C27H25F3N2O3/c28-27(29,30)20-11-5-4-10-19(20)15-17-24(33)31-22(16-14-18-8-2-1-3-9-18)25(34)26-32-21-12-6-7-13-23(21)35-26/h1-13,22,25,34H,14-17H2,(H,31,33)/t22-,25?/m0/s1. The number of halogens is 3. The molecule has 0 fully saturated rings. The Morgan fingerprint density at radius 3 is 2.37 bits per heavy atom. The van der Waals surface area contributed by atoms with E-state index in [4.69, 9.17) is 4.42 Å². The highest BCUT2D eigenvalue weighted by Crippen LogP contribution is 2.32. The van der Waals surface area contributed by atoms with Crippen molar-refractivity contribution in [2.24, 2.45) is 0 Å². The molecule has 1 heterocycles. The van der Waals surface area contributed by atoms with E-state index in [1.54, 1.807) is 24.3 Å². The van der Waals surface area contributed by atoms with Gasteiger partial charge in [0.1, 0.15) is 5.52 Å². The van der Waals surface area contributed by atoms with Gasteiger partial charge in [0.2, 0.25) is 11.8 Å². The average Bonchev–Trinajstić information content (AvgIpc) is 3.29. The summed E-state index contributed by atoms with van der Waals surface area (Å²) in [5.74, 6) is -0.387. The van der Waals surface area contributed by atoms with Gasteiger partial charge < -0.3 is 14.8 Å². The number of para-hydroxylation sites is 2. The van der Waals surface area contributed by atoms with Crippen LogP contribution in [-0.2, 0) is 23.8 Å². The number of aromatic nitrogens is 1. The third kappa shape index (κ3) is 6.27. The molecule has 5 nitrogen and oxygen atoms in total. The lowest BCUT2D eigenvalue weighted by molar-refractivity contribution is -0.138. The fourth-order valence-electron chi connectivity index (χ4n) is 4.01. The van der Waals surface area contributed by atoms with Gasteiger partial charge in [0.15, 0.2) is 11.7 Å². The molecule has 4 rings (SSSR count). The molecule has 0 saturated heterocycles. The van der Waals surface area contributed by atoms with E-state index >= 15 is 0 Å². The van der Waals surface area contributed by atoms with Crippen molar-refractivity contribution in [2.75, 3.05) is 0 Å². The van der Waals surface area contributed by atoms with Gasteiger partial charge in [-0.2, -0.15) is 13.2 Å². The number of aliphatic hydroxyl groups is 1. The molecule has 8 heteroatoms. The molecule has 3 aromatic carbocycles. The van der Waals surface area contributed by atoms with E-state index < -0.39 is 29.8 Å². The maximum atomic E-state index is 13.3. The number of oxazole rings is 1. The lowest BCUT2D eigenvalue weighted by atomic mass is 9.99. The summed E-state index contributed by atoms with van der Waals surface area (Å²) in [5.41, 5.74) is 1.42. The van der Waals surface area contributed by atoms with Gasteiger partial charge in [-0.15, -0.1) is 0 Å². The minimum atomic E-state index is -4.49. The van der Waals surface area contributed by atoms with E-state index in [0.717, 1.165) is 11.6 Å². The van der Waals surface area contributed by atoms with Crippen LogP contribution >= 0.6 is 0 Å². The fraction of sp³-hybridized carbons (Fsp3) is 0.259. The van der Waals surface area contributed by atoms with Crippen molar-refractivity contribution in [1.82, 2.24) is 10.3 Å². The van der Waals surface area contributed by atoms with Crippen molar-refractivity contribution in [3.8, 4) is 0 Å². The number of hydrogen-bond donors (Lipinski definition) is 2. The third-order valence-corrected chi connectivity index (χ3v) is 5.82. The van der Waals surface area contributed by atoms with Crippen LogP contribution in [0, 0.1) is 0 Å². The SMILES string of the molecule is O=C(CCc1ccccc1C(F)(F)F)N[C@@H](CCc1ccccc1)C(O)c1nc2ccccc2o1. The summed E-state index contributed by atoms with van der Waals surface area (Å²) in [6.07, 6.45) is -5.00. The first-order valence-electron chi connectivity index (χ1n) is 11.3. The van der Waals surface area contributed by atoms with Crippen LogP contribution in [0.25, 0.3) is 11.1 Å². The quantitative estimate of drug-likeness (QED) is 0.324. The summed E-state index contributed by atoms with van der Waals surface area (Å²) in [7, 11) is 0. The average molecular weight is 483 g/mol. The second kappa shape index (κ2) is 10.7. The highest BCUT2D eigenvalue weighted by atomic mass is 19.4. The maximum absolute atomic E-state index is 13.3. The third-order valence-electron chi connectivity index (χ3n) is 5.82. The Labute approximate surface area is 200 Å². The molecule has 0 bridgehead atoms. The largest absolute Gasteiger partial charge is 0.438 e. The Kier molecular flexibility index (Phi) is 7.51. The Balaban J connectivity index is 1.48. The molecule has 0 aliphatic carbocycles. The highest BCUT2D eigenvalue weighted by Gasteiger charge is 2.33. The molecule has 0 aliphatic rings. The molecule has 0 aliphatic heterocycles. The van der Waals surface area contributed by atoms with Crippen LogP contribution in [0.4, 0.5) is 13.2 Å². The molecule has 0 saturated carbocycles. The number of benzene rings is 3. The second-order valence-electron chi connectivity index (χ2n) is 8.32. The van der Waals surface area contributed by atoms with E-state index in [2.05, 4.69) is 10.3 Å². The topological polar surface area (TPSA) is 75.4 Å². The van der Waals surface area contributed by atoms with Crippen molar-refractivity contribution in [1.29, 1.82) is 0 Å². The molecule has 2 atom stereocenters. The lowest BCUT2D eigenvalue weighted by Crippen LogP contribution is -2.40. The first-order chi connectivity index (χ1) is 16.8. The van der Waals surface area contributed by atoms with Gasteiger partial charge in [-0.25, -0.2) is 4.98 Å². The number of carbonyl (C=O) groups is 1. The van der Waals surface area contributed by atoms with Crippen LogP contribution in [0.15, 0.2) is 83.3 Å². The van der Waals surface area contributed by atoms with Gasteiger partial charge in [-0.05, 0) is 48.6 Å². The van der Waals surface area contributed by atoms with Gasteiger partial charge >= 0.3 is 6.18 Å². The van der Waals surface area contributed by atoms with Crippen LogP contribution in [0.5, 0.6) is 0 Å². The molecular formula is C27H25F3N2O3. The predicted octanol–water partition coefficient (Wildman–Crippen LogP) is 5.63. The molecule has 4 aromatic rings. The molecule has 0 spiro atoms. The number of amides is 1. The Bertz CT molecular complexity index is 1240. The van der Waals surface area contributed by atoms with E-state index in [1.165, 1.54) is 18.2 Å². The molecule has 1 aromatic heterocycles. The Morgan fingerprint density at radius 1 is 0.943 bits per heavy atom. The summed E-state index contributed by atoms with van der Waals surface area (Å²) in [5, 5.41) is 13.8. The van der Waals surface area contributed by atoms with Crippen LogP contribution in [0.1, 0.15) is 41.5 Å². The fourth-order valence-corrected chi connectivity index (χ4v) is 4.01. The summed E-state index contributed by atoms with van der Waals surface area (Å²) in [6, 6.07) is 21.1. The Morgan fingerprint density at radius 2 is 1.63 bits per heavy atom. The molecule has 0 radical (unpaired) electrons. The zero-order valence-electron chi connectivity index (χ0n) is 18.8. The normalized spacial score (nSPS) is 13.5. The summed E-state index contributed by atoms with van der Waals surface area (Å²) in [4.78, 5) is 17.1. The minimum absolute atomic E-state index is 0.0514. The first-order valence-corrected chi connectivity index (χ1v) is 11.3. The highest BCUT2D eigenvalue weighted by molar-refractivity contribution is 5.76. The number of aliphatic hydroxyl groups excluding tert-OH is 1. The summed E-state index contributed by atoms with van der Waals surface area (Å²) >= 11 is 0. The minimum Gasteiger partial charge on any atom is -0.438 e. The van der Waals surface area contributed by atoms with Crippen LogP contribution in [0.3, 0.4) is 0 Å². The number of rotatable bonds is 9. The molecule has 1 amide bonds. The number of hydrogen-bond acceptors (Lipinski definition) is 4. The van der Waals surface area contributed by atoms with E-state index in [0.29, 0.717) is 23.9 Å². The van der Waals surface area contributed by atoms with Crippen LogP contribution in [-0.4, -0.2) is 22.0 Å². The van der Waals surface area contributed by atoms with Crippen molar-refractivity contribution in [3.05, 3.63) is 101 Å². The van der Waals surface area contributed by atoms with Crippen molar-refractivity contribution in [3.63, 3.8) is 0 Å². The zero-order valence-corrected chi connectivity index (χ0v) is 18.8. The van der Waals surface area contributed by atoms with Gasteiger partial charge in [0.25, 0.3) is 0 Å². The smallest absolute Gasteiger partial charge is 0.416 e. The number of fused-ring (bicyclic) bond motifs is 1. The van der Waals surface area contributed by atoms with Crippen molar-refractivity contribution < 1.29 is 27.5 Å². The number of nitrogens with zero attached hydrogens (tertiary/aromatic N) is 1. The van der Waals surface area contributed by atoms with Gasteiger partial charge in [0, 0.05) is 6.42 Å². The van der Waals surface area contributed by atoms with E-state index in [-0.39, 0.29) is 24.3 Å². The Hall–Kier alpha value is -3.65. The number of alkyl halides is 3. The van der Waals surface area contributed by atoms with Crippen molar-refractivity contribution >= 4 is 17.0 Å². The van der Waals surface area contributed by atoms with E-state index in [1.807, 2.05) is 30.3 Å². The predicted molar refractivity (Wildman–Crippen MR) is 125 cm³/mol. The number of carbonyl (C=O) groups excluding carboxylic acids is 1. The van der Waals surface area contributed by atoms with Crippen molar-refractivity contribution in [2.45, 2.75) is 44.0 Å². The molecule has 1 unspecified atom stereocenters. The van der Waals surface area contributed by atoms with E-state index in [9.17, 15) is 23.1 Å². The van der Waals surface area contributed by atoms with Gasteiger partial charge in [-0.3, -0.25) is 4.79 Å². The molecule has 2 N–H and O–H groups in total. The van der Waals surface area contributed by atoms with Crippen LogP contribution in [0.2, 0.25) is 0 Å². The summed E-state index contributed by atoms with van der Waals surface area (Å²) < 4.78 is 45.5. The lowest BCUT2D eigenvalue weighted by Gasteiger charge is -2.22. The number of aryl methyl sites for hydroxylation is 2.